The summed E-state index contributed by atoms with van der Waals surface area (Å²) in [5.74, 6) is -0.0169. The Kier molecular flexibility index (Phi) is 6.33. The minimum Gasteiger partial charge on any atom is -0.493 e. The smallest absolute Gasteiger partial charge is 0.395 e. The Morgan fingerprint density at radius 3 is 2.67 bits per heavy atom. The highest BCUT2D eigenvalue weighted by molar-refractivity contribution is 6.31. The average molecular weight is 430 g/mol. The fourth-order valence-electron chi connectivity index (χ4n) is 2.57. The van der Waals surface area contributed by atoms with Gasteiger partial charge in [-0.15, -0.1) is 0 Å². The second-order valence-corrected chi connectivity index (χ2v) is 6.41. The number of nitrogens with one attached hydrogen (secondary N) is 1. The normalized spacial score (nSPS) is 10.9. The quantitative estimate of drug-likeness (QED) is 0.432. The van der Waals surface area contributed by atoms with Crippen LogP contribution in [0.15, 0.2) is 47.3 Å². The van der Waals surface area contributed by atoms with Gasteiger partial charge in [0.15, 0.2) is 11.5 Å². The van der Waals surface area contributed by atoms with E-state index in [9.17, 15) is 20.0 Å². The lowest BCUT2D eigenvalue weighted by Crippen LogP contribution is -2.14. The van der Waals surface area contributed by atoms with Crippen LogP contribution in [0.3, 0.4) is 0 Å². The van der Waals surface area contributed by atoms with Crippen molar-refractivity contribution in [1.82, 2.24) is 9.97 Å². The molecule has 10 heteroatoms. The summed E-state index contributed by atoms with van der Waals surface area (Å²) in [6, 6.07) is 12.5. The Bertz CT molecular complexity index is 1180. The van der Waals surface area contributed by atoms with Crippen LogP contribution in [-0.2, 0) is 6.61 Å². The van der Waals surface area contributed by atoms with Crippen LogP contribution in [0.2, 0.25) is 5.02 Å². The molecule has 0 saturated heterocycles. The Morgan fingerprint density at radius 2 is 2.00 bits per heavy atom. The van der Waals surface area contributed by atoms with Crippen molar-refractivity contribution in [3.63, 3.8) is 0 Å². The number of nitro groups is 1. The van der Waals surface area contributed by atoms with Gasteiger partial charge in [-0.05, 0) is 29.8 Å². The maximum Gasteiger partial charge on any atom is 0.395 e. The van der Waals surface area contributed by atoms with Crippen molar-refractivity contribution in [3.8, 4) is 17.4 Å². The molecule has 0 radical (unpaired) electrons. The number of halogens is 1. The molecule has 0 aliphatic heterocycles. The molecule has 0 aliphatic carbocycles. The van der Waals surface area contributed by atoms with E-state index in [1.807, 2.05) is 18.2 Å². The lowest BCUT2D eigenvalue weighted by atomic mass is 10.2. The molecular weight excluding hydrogens is 414 g/mol. The molecule has 0 saturated carbocycles. The van der Waals surface area contributed by atoms with Crippen LogP contribution < -0.4 is 15.0 Å². The van der Waals surface area contributed by atoms with E-state index in [0.29, 0.717) is 22.1 Å². The third kappa shape index (κ3) is 4.76. The van der Waals surface area contributed by atoms with Crippen LogP contribution in [0.4, 0.5) is 5.69 Å². The number of hydrogen-bond donors (Lipinski definition) is 2. The van der Waals surface area contributed by atoms with E-state index < -0.39 is 22.0 Å². The first-order chi connectivity index (χ1) is 14.4. The van der Waals surface area contributed by atoms with Gasteiger partial charge in [-0.2, -0.15) is 4.98 Å². The summed E-state index contributed by atoms with van der Waals surface area (Å²) in [7, 11) is 1.50. The number of nitrogens with zero attached hydrogens (tertiary/aromatic N) is 2. The van der Waals surface area contributed by atoms with E-state index in [0.717, 1.165) is 5.56 Å². The molecule has 0 fully saturated rings. The van der Waals surface area contributed by atoms with Crippen molar-refractivity contribution >= 4 is 29.4 Å². The summed E-state index contributed by atoms with van der Waals surface area (Å²) >= 11 is 6.13. The first-order valence-corrected chi connectivity index (χ1v) is 8.97. The molecule has 1 aromatic heterocycles. The van der Waals surface area contributed by atoms with Gasteiger partial charge in [0.25, 0.3) is 5.88 Å². The summed E-state index contributed by atoms with van der Waals surface area (Å²) < 4.78 is 11.1. The van der Waals surface area contributed by atoms with Crippen LogP contribution >= 0.6 is 11.6 Å². The second kappa shape index (κ2) is 9.10. The fraction of sp³-hybridized carbons (Fsp3) is 0.100. The summed E-state index contributed by atoms with van der Waals surface area (Å²) in [6.45, 7) is 0.262. The molecule has 2 N–H and O–H groups in total. The molecular formula is C20H16ClN3O6. The largest absolute Gasteiger partial charge is 0.493 e. The SMILES string of the molecule is COc1cc(C=Cc2nc(O)c([N+](=O)[O-])c(=O)[nH]2)ccc1OCc1ccccc1Cl. The van der Waals surface area contributed by atoms with E-state index in [-0.39, 0.29) is 12.4 Å². The van der Waals surface area contributed by atoms with Gasteiger partial charge in [-0.25, -0.2) is 0 Å². The number of aromatic nitrogens is 2. The van der Waals surface area contributed by atoms with E-state index in [1.54, 1.807) is 30.3 Å². The van der Waals surface area contributed by atoms with Crippen molar-refractivity contribution in [3.05, 3.63) is 84.9 Å². The van der Waals surface area contributed by atoms with Crippen LogP contribution in [-0.4, -0.2) is 27.1 Å². The van der Waals surface area contributed by atoms with Crippen LogP contribution in [0.5, 0.6) is 17.4 Å². The zero-order valence-electron chi connectivity index (χ0n) is 15.7. The lowest BCUT2D eigenvalue weighted by Gasteiger charge is -2.12. The van der Waals surface area contributed by atoms with Gasteiger partial charge >= 0.3 is 11.2 Å². The number of benzene rings is 2. The van der Waals surface area contributed by atoms with Crippen molar-refractivity contribution in [1.29, 1.82) is 0 Å². The van der Waals surface area contributed by atoms with Gasteiger partial charge in [-0.3, -0.25) is 14.9 Å². The zero-order valence-corrected chi connectivity index (χ0v) is 16.4. The first-order valence-electron chi connectivity index (χ1n) is 8.59. The minimum atomic E-state index is -1.05. The number of methoxy groups -OCH3 is 1. The van der Waals surface area contributed by atoms with Crippen LogP contribution in [0.1, 0.15) is 17.0 Å². The molecule has 0 unspecified atom stereocenters. The molecule has 3 aromatic rings. The molecule has 0 amide bonds. The minimum absolute atomic E-state index is 0.0406. The Balaban J connectivity index is 1.79. The molecule has 3 rings (SSSR count). The topological polar surface area (TPSA) is 128 Å². The highest BCUT2D eigenvalue weighted by Gasteiger charge is 2.21. The van der Waals surface area contributed by atoms with Crippen LogP contribution in [0, 0.1) is 10.1 Å². The number of rotatable bonds is 7. The van der Waals surface area contributed by atoms with Gasteiger partial charge in [0, 0.05) is 10.6 Å². The van der Waals surface area contributed by atoms with Crippen molar-refractivity contribution in [2.24, 2.45) is 0 Å². The molecule has 9 nitrogen and oxygen atoms in total. The van der Waals surface area contributed by atoms with Gasteiger partial charge in [0.2, 0.25) is 0 Å². The molecule has 0 atom stereocenters. The molecule has 30 heavy (non-hydrogen) atoms. The molecule has 1 heterocycles. The van der Waals surface area contributed by atoms with E-state index in [1.165, 1.54) is 13.2 Å². The molecule has 0 bridgehead atoms. The van der Waals surface area contributed by atoms with Gasteiger partial charge in [-0.1, -0.05) is 41.9 Å². The molecule has 2 aromatic carbocycles. The summed E-state index contributed by atoms with van der Waals surface area (Å²) in [5, 5.41) is 20.9. The number of hydrogen-bond acceptors (Lipinski definition) is 7. The standard InChI is InChI=1S/C20H16ClN3O6/c1-29-16-10-12(6-8-15(16)30-11-13-4-2-3-5-14(13)21)7-9-17-22-19(25)18(24(27)28)20(26)23-17/h2-10H,11H2,1H3,(H2,22,23,25,26). The lowest BCUT2D eigenvalue weighted by molar-refractivity contribution is -0.387. The highest BCUT2D eigenvalue weighted by atomic mass is 35.5. The zero-order chi connectivity index (χ0) is 21.7. The summed E-state index contributed by atoms with van der Waals surface area (Å²) in [5.41, 5.74) is -0.544. The number of ether oxygens (including phenoxy) is 2. The number of aromatic amines is 1. The fourth-order valence-corrected chi connectivity index (χ4v) is 2.76. The van der Waals surface area contributed by atoms with E-state index >= 15 is 0 Å². The number of aromatic hydroxyl groups is 1. The van der Waals surface area contributed by atoms with E-state index in [4.69, 9.17) is 21.1 Å². The monoisotopic (exact) mass is 429 g/mol. The van der Waals surface area contributed by atoms with Gasteiger partial charge < -0.3 is 19.6 Å². The predicted molar refractivity (Wildman–Crippen MR) is 111 cm³/mol. The Labute approximate surface area is 175 Å². The Morgan fingerprint density at radius 1 is 1.23 bits per heavy atom. The van der Waals surface area contributed by atoms with Crippen LogP contribution in [0.25, 0.3) is 12.2 Å². The van der Waals surface area contributed by atoms with Crippen molar-refractivity contribution in [2.45, 2.75) is 6.61 Å². The highest BCUT2D eigenvalue weighted by Crippen LogP contribution is 2.30. The predicted octanol–water partition coefficient (Wildman–Crippen LogP) is 3.80. The molecule has 0 aliphatic rings. The molecule has 0 spiro atoms. The van der Waals surface area contributed by atoms with Crippen molar-refractivity contribution in [2.75, 3.05) is 7.11 Å². The molecule has 154 valence electrons. The van der Waals surface area contributed by atoms with Gasteiger partial charge in [0.05, 0.1) is 12.0 Å². The first kappa shape index (κ1) is 20.9. The Hall–Kier alpha value is -3.85. The third-order valence-corrected chi connectivity index (χ3v) is 4.41. The van der Waals surface area contributed by atoms with Crippen molar-refractivity contribution < 1.29 is 19.5 Å². The third-order valence-electron chi connectivity index (χ3n) is 4.04. The van der Waals surface area contributed by atoms with E-state index in [2.05, 4.69) is 9.97 Å². The maximum absolute atomic E-state index is 11.7. The second-order valence-electron chi connectivity index (χ2n) is 6.00. The maximum atomic E-state index is 11.7. The number of H-pyrrole nitrogens is 1. The summed E-state index contributed by atoms with van der Waals surface area (Å²) in [6.07, 6.45) is 2.98. The summed E-state index contributed by atoms with van der Waals surface area (Å²) in [4.78, 5) is 27.3. The van der Waals surface area contributed by atoms with Gasteiger partial charge in [0.1, 0.15) is 12.4 Å². The average Bonchev–Trinajstić information content (AvgIpc) is 2.71.